The second kappa shape index (κ2) is 15.1. The number of rotatable bonds is 11. The van der Waals surface area contributed by atoms with Crippen LogP contribution in [0.1, 0.15) is 164 Å². The van der Waals surface area contributed by atoms with E-state index in [2.05, 4.69) is 77.5 Å². The summed E-state index contributed by atoms with van der Waals surface area (Å²) in [4.78, 5) is 50.5. The molecule has 7 saturated carbocycles. The predicted octanol–water partition coefficient (Wildman–Crippen LogP) is 11.8. The van der Waals surface area contributed by atoms with E-state index in [-0.39, 0.29) is 63.4 Å². The number of benzene rings is 1. The fourth-order valence-electron chi connectivity index (χ4n) is 16.3. The van der Waals surface area contributed by atoms with Crippen LogP contribution in [0, 0.1) is 73.9 Å². The van der Waals surface area contributed by atoms with Crippen LogP contribution in [0.4, 0.5) is 0 Å². The minimum atomic E-state index is -0.472. The molecule has 1 heterocycles. The van der Waals surface area contributed by atoms with Crippen molar-refractivity contribution in [3.05, 3.63) is 54.5 Å². The zero-order valence-electron chi connectivity index (χ0n) is 39.6. The number of aromatic amines is 1. The zero-order valence-corrected chi connectivity index (χ0v) is 39.6. The lowest BCUT2D eigenvalue weighted by molar-refractivity contribution is -0.251. The van der Waals surface area contributed by atoms with Gasteiger partial charge in [0, 0.05) is 5.41 Å². The first-order chi connectivity index (χ1) is 29.3. The molecule has 0 bridgehead atoms. The summed E-state index contributed by atoms with van der Waals surface area (Å²) >= 11 is 0. The van der Waals surface area contributed by atoms with E-state index >= 15 is 4.79 Å². The highest BCUT2D eigenvalue weighted by Gasteiger charge is 2.72. The number of carbonyl (C=O) groups is 3. The molecule has 8 nitrogen and oxygen atoms in total. The zero-order chi connectivity index (χ0) is 44.3. The van der Waals surface area contributed by atoms with E-state index in [4.69, 9.17) is 14.5 Å². The van der Waals surface area contributed by atoms with Gasteiger partial charge >= 0.3 is 11.9 Å². The molecule has 0 saturated heterocycles. The molecule has 8 heteroatoms. The van der Waals surface area contributed by atoms with Gasteiger partial charge in [0.2, 0.25) is 5.91 Å². The van der Waals surface area contributed by atoms with Gasteiger partial charge in [0.15, 0.2) is 0 Å². The minimum Gasteiger partial charge on any atom is -0.465 e. The van der Waals surface area contributed by atoms with Gasteiger partial charge in [-0.25, -0.2) is 4.98 Å². The summed E-state index contributed by atoms with van der Waals surface area (Å²) in [6, 6.07) is 10.3. The van der Waals surface area contributed by atoms with Gasteiger partial charge in [0.1, 0.15) is 11.9 Å². The van der Waals surface area contributed by atoms with E-state index in [9.17, 15) is 9.59 Å². The SMILES string of the molecule is C=C(C)[C@@H]1CC[C@]2(C(=O)NC3(c4ncc(-c5ccccc5)[nH]4)CC3)CC[C@]3(C)[C@H](CC[C@@H]4[C@@]5(C)CC[C@H](OC(=O)[C@H]6C[C@@H](C(=O)OCCCC)C6(C)C)C(C)(C)[C@@H]5CC[C@]43C)[C@@H]12. The van der Waals surface area contributed by atoms with E-state index in [1.54, 1.807) is 0 Å². The van der Waals surface area contributed by atoms with Crippen LogP contribution < -0.4 is 5.32 Å². The summed E-state index contributed by atoms with van der Waals surface area (Å²) in [6.45, 7) is 26.1. The van der Waals surface area contributed by atoms with Crippen LogP contribution in [0.15, 0.2) is 48.7 Å². The van der Waals surface area contributed by atoms with Crippen LogP contribution in [0.3, 0.4) is 0 Å². The number of nitrogens with zero attached hydrogens (tertiary/aromatic N) is 1. The van der Waals surface area contributed by atoms with E-state index < -0.39 is 16.4 Å². The molecule has 2 N–H and O–H groups in total. The average Bonchev–Trinajstić information content (AvgIpc) is 3.62. The van der Waals surface area contributed by atoms with Crippen molar-refractivity contribution in [2.24, 2.45) is 73.9 Å². The summed E-state index contributed by atoms with van der Waals surface area (Å²) in [5, 5.41) is 3.70. The van der Waals surface area contributed by atoms with Gasteiger partial charge in [-0.15, -0.1) is 0 Å². The Morgan fingerprint density at radius 3 is 2.21 bits per heavy atom. The number of fused-ring (bicyclic) bond motifs is 7. The Kier molecular flexibility index (Phi) is 10.7. The molecule has 62 heavy (non-hydrogen) atoms. The lowest BCUT2D eigenvalue weighted by Gasteiger charge is -2.73. The minimum absolute atomic E-state index is 0.108. The Morgan fingerprint density at radius 2 is 1.53 bits per heavy atom. The third-order valence-corrected chi connectivity index (χ3v) is 20.5. The van der Waals surface area contributed by atoms with E-state index in [0.29, 0.717) is 36.7 Å². The van der Waals surface area contributed by atoms with Crippen LogP contribution in [0.2, 0.25) is 0 Å². The molecule has 2 aromatic rings. The number of esters is 2. The van der Waals surface area contributed by atoms with Gasteiger partial charge in [-0.2, -0.15) is 0 Å². The molecular formula is C54H77N3O5. The van der Waals surface area contributed by atoms with Crippen molar-refractivity contribution in [3.63, 3.8) is 0 Å². The quantitative estimate of drug-likeness (QED) is 0.132. The number of allylic oxidation sites excluding steroid dienone is 1. The highest BCUT2D eigenvalue weighted by atomic mass is 16.5. The largest absolute Gasteiger partial charge is 0.465 e. The molecule has 0 unspecified atom stereocenters. The monoisotopic (exact) mass is 848 g/mol. The van der Waals surface area contributed by atoms with Crippen molar-refractivity contribution in [2.75, 3.05) is 6.61 Å². The summed E-state index contributed by atoms with van der Waals surface area (Å²) in [5.41, 5.74) is 2.28. The Balaban J connectivity index is 0.919. The second-order valence-electron chi connectivity index (χ2n) is 23.9. The predicted molar refractivity (Wildman–Crippen MR) is 243 cm³/mol. The number of aromatic nitrogens is 2. The number of nitrogens with one attached hydrogen (secondary N) is 2. The van der Waals surface area contributed by atoms with Crippen molar-refractivity contribution in [3.8, 4) is 11.3 Å². The van der Waals surface area contributed by atoms with Crippen molar-refractivity contribution in [1.29, 1.82) is 0 Å². The first kappa shape index (κ1) is 43.8. The molecule has 7 aliphatic carbocycles. The summed E-state index contributed by atoms with van der Waals surface area (Å²) in [6.07, 6.45) is 16.5. The average molecular weight is 848 g/mol. The molecule has 7 fully saturated rings. The van der Waals surface area contributed by atoms with Crippen LogP contribution in [-0.4, -0.2) is 40.5 Å². The molecular weight excluding hydrogens is 771 g/mol. The molecule has 7 aliphatic rings. The fraction of sp³-hybridized carbons (Fsp3) is 0.741. The maximum Gasteiger partial charge on any atom is 0.309 e. The molecule has 1 amide bonds. The van der Waals surface area contributed by atoms with E-state index in [1.165, 1.54) is 18.4 Å². The normalized spacial score (nSPS) is 40.6. The molecule has 338 valence electrons. The number of ether oxygens (including phenoxy) is 2. The highest BCUT2D eigenvalue weighted by molar-refractivity contribution is 5.85. The highest BCUT2D eigenvalue weighted by Crippen LogP contribution is 2.78. The molecule has 0 spiro atoms. The first-order valence-corrected chi connectivity index (χ1v) is 24.8. The molecule has 1 aromatic carbocycles. The van der Waals surface area contributed by atoms with Gasteiger partial charge < -0.3 is 19.8 Å². The van der Waals surface area contributed by atoms with Crippen LogP contribution in [0.5, 0.6) is 0 Å². The third-order valence-electron chi connectivity index (χ3n) is 20.5. The smallest absolute Gasteiger partial charge is 0.309 e. The summed E-state index contributed by atoms with van der Waals surface area (Å²) < 4.78 is 12.2. The van der Waals surface area contributed by atoms with Gasteiger partial charge in [-0.3, -0.25) is 14.4 Å². The molecule has 12 atom stereocenters. The topological polar surface area (TPSA) is 110 Å². The Labute approximate surface area is 372 Å². The van der Waals surface area contributed by atoms with Crippen LogP contribution >= 0.6 is 0 Å². The molecule has 1 aromatic heterocycles. The second-order valence-corrected chi connectivity index (χ2v) is 23.9. The maximum atomic E-state index is 15.2. The van der Waals surface area contributed by atoms with Crippen molar-refractivity contribution < 1.29 is 23.9 Å². The first-order valence-electron chi connectivity index (χ1n) is 24.8. The summed E-state index contributed by atoms with van der Waals surface area (Å²) in [7, 11) is 0. The number of imidazole rings is 1. The Hall–Kier alpha value is -3.42. The lowest BCUT2D eigenvalue weighted by Crippen LogP contribution is -2.67. The standard InChI is InChI=1S/C54H77N3O5/c1-11-12-30-61-44(58)37-31-38(48(37,4)5)45(59)62-42-22-23-50(8)40(49(42,6)7)21-24-52(10)41(50)19-18-36-43-35(33(2)3)20-25-53(43,27-26-51(36,52)9)47(60)57-54(28-29-54)46-55-32-39(56-46)34-16-14-13-15-17-34/h13-17,32,35-38,40-43H,2,11-12,18-31H2,1,3-10H3,(H,55,56)(H,57,60)/t35-,36+,37-,38+,40-,41+,42-,43+,50-,51+,52+,53-/m0/s1. The number of H-pyrrole nitrogens is 1. The summed E-state index contributed by atoms with van der Waals surface area (Å²) in [5.74, 6) is 2.41. The number of amides is 1. The number of hydrogen-bond donors (Lipinski definition) is 2. The number of unbranched alkanes of at least 4 members (excludes halogenated alkanes) is 1. The van der Waals surface area contributed by atoms with Crippen LogP contribution in [-0.2, 0) is 29.4 Å². The fourth-order valence-corrected chi connectivity index (χ4v) is 16.3. The van der Waals surface area contributed by atoms with E-state index in [1.807, 2.05) is 38.2 Å². The van der Waals surface area contributed by atoms with Crippen molar-refractivity contribution in [2.45, 2.75) is 170 Å². The molecule has 0 radical (unpaired) electrons. The molecule has 0 aliphatic heterocycles. The van der Waals surface area contributed by atoms with Crippen molar-refractivity contribution >= 4 is 17.8 Å². The van der Waals surface area contributed by atoms with Crippen molar-refractivity contribution in [1.82, 2.24) is 15.3 Å². The number of carbonyl (C=O) groups excluding carboxylic acids is 3. The van der Waals surface area contributed by atoms with Crippen LogP contribution in [0.25, 0.3) is 11.3 Å². The van der Waals surface area contributed by atoms with Gasteiger partial charge in [-0.05, 0) is 154 Å². The van der Waals surface area contributed by atoms with Gasteiger partial charge in [0.05, 0.1) is 41.3 Å². The maximum absolute atomic E-state index is 15.2. The van der Waals surface area contributed by atoms with Gasteiger partial charge in [0.25, 0.3) is 0 Å². The number of hydrogen-bond acceptors (Lipinski definition) is 6. The third kappa shape index (κ3) is 6.38. The van der Waals surface area contributed by atoms with Gasteiger partial charge in [-0.1, -0.05) is 104 Å². The Bertz CT molecular complexity index is 2080. The molecule has 9 rings (SSSR count). The Morgan fingerprint density at radius 1 is 0.806 bits per heavy atom. The lowest BCUT2D eigenvalue weighted by atomic mass is 9.32. The van der Waals surface area contributed by atoms with E-state index in [0.717, 1.165) is 94.1 Å².